The van der Waals surface area contributed by atoms with Crippen LogP contribution in [0.1, 0.15) is 5.56 Å². The average Bonchev–Trinajstić information content (AvgIpc) is 2.20. The first-order valence-corrected chi connectivity index (χ1v) is 5.41. The Morgan fingerprint density at radius 3 is 3.00 bits per heavy atom. The van der Waals surface area contributed by atoms with E-state index in [1.807, 2.05) is 0 Å². The molecule has 1 aromatic rings. The summed E-state index contributed by atoms with van der Waals surface area (Å²) in [5.41, 5.74) is 0.644. The van der Waals surface area contributed by atoms with Crippen molar-refractivity contribution in [2.45, 2.75) is 11.2 Å². The quantitative estimate of drug-likeness (QED) is 0.633. The molecule has 1 aromatic carbocycles. The molecule has 0 aliphatic heterocycles. The predicted octanol–water partition coefficient (Wildman–Crippen LogP) is 2.76. The molecule has 0 spiro atoms. The molecule has 0 N–H and O–H groups in total. The molecule has 81 valence electrons. The smallest absolute Gasteiger partial charge is 0.319 e. The van der Waals surface area contributed by atoms with Crippen LogP contribution in [0.3, 0.4) is 0 Å². The number of hydrogen-bond acceptors (Lipinski definition) is 2. The van der Waals surface area contributed by atoms with Gasteiger partial charge in [0.1, 0.15) is 10.6 Å². The maximum atomic E-state index is 12.7. The minimum absolute atomic E-state index is 0.277. The van der Waals surface area contributed by atoms with Gasteiger partial charge in [-0.15, -0.1) is 0 Å². The number of ether oxygens (including phenoxy) is 1. The number of hydrogen-bond donors (Lipinski definition) is 0. The number of halogens is 3. The molecular formula is C10H8BrClFO2. The van der Waals surface area contributed by atoms with Crippen molar-refractivity contribution in [3.8, 4) is 0 Å². The molecule has 0 fully saturated rings. The van der Waals surface area contributed by atoms with Crippen LogP contribution in [0.4, 0.5) is 4.39 Å². The summed E-state index contributed by atoms with van der Waals surface area (Å²) in [4.78, 5) is 10.6. The van der Waals surface area contributed by atoms with Crippen LogP contribution < -0.4 is 0 Å². The van der Waals surface area contributed by atoms with Crippen molar-refractivity contribution in [2.75, 3.05) is 7.11 Å². The number of rotatable bonds is 3. The van der Waals surface area contributed by atoms with Crippen molar-refractivity contribution in [1.29, 1.82) is 0 Å². The van der Waals surface area contributed by atoms with Crippen LogP contribution in [0.25, 0.3) is 0 Å². The maximum absolute atomic E-state index is 12.7. The van der Waals surface area contributed by atoms with Gasteiger partial charge in [0, 0.05) is 11.1 Å². The molecule has 0 heterocycles. The van der Waals surface area contributed by atoms with Gasteiger partial charge in [0.25, 0.3) is 0 Å². The number of carbonyl (C=O) groups is 1. The molecule has 2 nitrogen and oxygen atoms in total. The van der Waals surface area contributed by atoms with Gasteiger partial charge in [0.15, 0.2) is 0 Å². The maximum Gasteiger partial charge on any atom is 0.319 e. The lowest BCUT2D eigenvalue weighted by Gasteiger charge is -2.08. The molecule has 0 saturated carbocycles. The number of carbonyl (C=O) groups excluding carboxylic acids is 1. The van der Waals surface area contributed by atoms with E-state index < -0.39 is 16.6 Å². The first kappa shape index (κ1) is 12.5. The normalized spacial score (nSPS) is 12.3. The van der Waals surface area contributed by atoms with E-state index >= 15 is 0 Å². The first-order chi connectivity index (χ1) is 7.04. The monoisotopic (exact) mass is 293 g/mol. The molecule has 1 unspecified atom stereocenters. The van der Waals surface area contributed by atoms with E-state index in [4.69, 9.17) is 11.6 Å². The van der Waals surface area contributed by atoms with E-state index in [2.05, 4.69) is 26.7 Å². The van der Waals surface area contributed by atoms with E-state index in [-0.39, 0.29) is 5.02 Å². The summed E-state index contributed by atoms with van der Waals surface area (Å²) in [6.07, 6.45) is 0.336. The van der Waals surface area contributed by atoms with Gasteiger partial charge in [0.2, 0.25) is 0 Å². The Balaban J connectivity index is 2.76. The Labute approximate surface area is 101 Å². The highest BCUT2D eigenvalue weighted by molar-refractivity contribution is 9.10. The van der Waals surface area contributed by atoms with Gasteiger partial charge >= 0.3 is 5.97 Å². The topological polar surface area (TPSA) is 26.3 Å². The number of esters is 1. The highest BCUT2D eigenvalue weighted by Crippen LogP contribution is 2.20. The standard InChI is InChI=1S/C10H8BrClFO2/c1-15-10(14)8(11)4-6-2-3-7(13)5-9(6)12/h2,5,8H,4H2,1H3. The Morgan fingerprint density at radius 1 is 1.80 bits per heavy atom. The van der Waals surface area contributed by atoms with E-state index in [1.54, 1.807) is 0 Å². The van der Waals surface area contributed by atoms with Gasteiger partial charge in [-0.25, -0.2) is 4.39 Å². The summed E-state index contributed by atoms with van der Waals surface area (Å²) in [5, 5.41) is 0.277. The van der Waals surface area contributed by atoms with E-state index in [1.165, 1.54) is 13.2 Å². The van der Waals surface area contributed by atoms with E-state index in [9.17, 15) is 9.18 Å². The van der Waals surface area contributed by atoms with Gasteiger partial charge in [-0.3, -0.25) is 4.79 Å². The fourth-order valence-electron chi connectivity index (χ4n) is 1.03. The summed E-state index contributed by atoms with van der Waals surface area (Å²) in [7, 11) is 1.30. The van der Waals surface area contributed by atoms with Crippen LogP contribution >= 0.6 is 27.5 Å². The van der Waals surface area contributed by atoms with Gasteiger partial charge in [-0.2, -0.15) is 0 Å². The average molecular weight is 295 g/mol. The zero-order chi connectivity index (χ0) is 11.4. The SMILES string of the molecule is COC(=O)C(Br)Cc1c[c]c(F)cc1Cl. The predicted molar refractivity (Wildman–Crippen MR) is 58.7 cm³/mol. The molecule has 15 heavy (non-hydrogen) atoms. The molecule has 5 heteroatoms. The van der Waals surface area contributed by atoms with Gasteiger partial charge in [0.05, 0.1) is 7.11 Å². The van der Waals surface area contributed by atoms with Crippen LogP contribution in [0.2, 0.25) is 5.02 Å². The van der Waals surface area contributed by atoms with Crippen LogP contribution in [-0.2, 0) is 16.0 Å². The zero-order valence-corrected chi connectivity index (χ0v) is 10.2. The molecule has 0 bridgehead atoms. The Kier molecular flexibility index (Phi) is 4.54. The summed E-state index contributed by atoms with van der Waals surface area (Å²) in [5.74, 6) is -0.914. The third-order valence-electron chi connectivity index (χ3n) is 1.80. The molecule has 0 aliphatic rings. The molecule has 0 aliphatic carbocycles. The summed E-state index contributed by atoms with van der Waals surface area (Å²) in [6, 6.07) is 4.97. The third kappa shape index (κ3) is 3.47. The van der Waals surface area contributed by atoms with Crippen LogP contribution in [0.5, 0.6) is 0 Å². The summed E-state index contributed by atoms with van der Waals surface area (Å²) >= 11 is 8.94. The van der Waals surface area contributed by atoms with Crippen LogP contribution in [-0.4, -0.2) is 17.9 Å². The van der Waals surface area contributed by atoms with Crippen molar-refractivity contribution >= 4 is 33.5 Å². The van der Waals surface area contributed by atoms with E-state index in [0.717, 1.165) is 6.07 Å². The Hall–Kier alpha value is -0.610. The molecule has 0 aromatic heterocycles. The van der Waals surface area contributed by atoms with Gasteiger partial charge in [-0.05, 0) is 24.1 Å². The van der Waals surface area contributed by atoms with E-state index in [0.29, 0.717) is 12.0 Å². The minimum atomic E-state index is -0.520. The minimum Gasteiger partial charge on any atom is -0.468 e. The summed E-state index contributed by atoms with van der Waals surface area (Å²) in [6.45, 7) is 0. The zero-order valence-electron chi connectivity index (χ0n) is 7.89. The number of benzene rings is 1. The van der Waals surface area contributed by atoms with Gasteiger partial charge in [-0.1, -0.05) is 27.5 Å². The second kappa shape index (κ2) is 5.47. The molecule has 0 saturated heterocycles. The Morgan fingerprint density at radius 2 is 2.47 bits per heavy atom. The van der Waals surface area contributed by atoms with Crippen molar-refractivity contribution < 1.29 is 13.9 Å². The fraction of sp³-hybridized carbons (Fsp3) is 0.300. The summed E-state index contributed by atoms with van der Waals surface area (Å²) < 4.78 is 17.2. The first-order valence-electron chi connectivity index (χ1n) is 4.12. The van der Waals surface area contributed by atoms with Crippen molar-refractivity contribution in [3.05, 3.63) is 34.6 Å². The van der Waals surface area contributed by atoms with Crippen LogP contribution in [0.15, 0.2) is 12.1 Å². The lowest BCUT2D eigenvalue weighted by Crippen LogP contribution is -2.18. The second-order valence-electron chi connectivity index (χ2n) is 2.85. The lowest BCUT2D eigenvalue weighted by molar-refractivity contribution is -0.139. The largest absolute Gasteiger partial charge is 0.468 e. The highest BCUT2D eigenvalue weighted by Gasteiger charge is 2.17. The second-order valence-corrected chi connectivity index (χ2v) is 4.36. The fourth-order valence-corrected chi connectivity index (χ4v) is 1.79. The number of alkyl halides is 1. The third-order valence-corrected chi connectivity index (χ3v) is 2.85. The van der Waals surface area contributed by atoms with Crippen molar-refractivity contribution in [2.24, 2.45) is 0 Å². The lowest BCUT2D eigenvalue weighted by atomic mass is 10.1. The molecule has 1 atom stereocenters. The Bertz CT molecular complexity index is 370. The molecule has 0 amide bonds. The van der Waals surface area contributed by atoms with Crippen molar-refractivity contribution in [1.82, 2.24) is 0 Å². The van der Waals surface area contributed by atoms with Crippen molar-refractivity contribution in [3.63, 3.8) is 0 Å². The molecular weight excluding hydrogens is 286 g/mol. The van der Waals surface area contributed by atoms with Crippen LogP contribution in [0, 0.1) is 11.9 Å². The number of methoxy groups -OCH3 is 1. The molecule has 1 rings (SSSR count). The highest BCUT2D eigenvalue weighted by atomic mass is 79.9. The molecule has 1 radical (unpaired) electrons. The van der Waals surface area contributed by atoms with Gasteiger partial charge < -0.3 is 4.74 Å².